The lowest BCUT2D eigenvalue weighted by atomic mass is 9.95. The maximum atomic E-state index is 13.0. The summed E-state index contributed by atoms with van der Waals surface area (Å²) >= 11 is 0. The molecule has 0 fully saturated rings. The number of allylic oxidation sites excluding steroid dienone is 1. The molecule has 3 heteroatoms. The van der Waals surface area contributed by atoms with Crippen LogP contribution < -0.4 is 4.74 Å². The zero-order valence-corrected chi connectivity index (χ0v) is 14.4. The average molecular weight is 342 g/mol. The second-order valence-electron chi connectivity index (χ2n) is 5.78. The van der Waals surface area contributed by atoms with Gasteiger partial charge in [-0.25, -0.2) is 0 Å². The molecule has 0 bridgehead atoms. The molecule has 0 unspecified atom stereocenters. The third-order valence-corrected chi connectivity index (χ3v) is 3.82. The predicted octanol–water partition coefficient (Wildman–Crippen LogP) is 5.04. The fourth-order valence-corrected chi connectivity index (χ4v) is 2.61. The lowest BCUT2D eigenvalue weighted by molar-refractivity contribution is -0.131. The summed E-state index contributed by atoms with van der Waals surface area (Å²) in [5, 5.41) is 0. The first-order valence-electron chi connectivity index (χ1n) is 8.29. The third kappa shape index (κ3) is 4.33. The Kier molecular flexibility index (Phi) is 5.40. The Hall–Kier alpha value is -3.46. The van der Waals surface area contributed by atoms with Crippen molar-refractivity contribution in [2.24, 2.45) is 0 Å². The number of rotatable bonds is 5. The zero-order chi connectivity index (χ0) is 18.4. The average Bonchev–Trinajstić information content (AvgIpc) is 2.68. The summed E-state index contributed by atoms with van der Waals surface area (Å²) in [5.74, 6) is 0.0729. The highest BCUT2D eigenvalue weighted by molar-refractivity contribution is 6.32. The van der Waals surface area contributed by atoms with E-state index in [9.17, 15) is 9.59 Å². The summed E-state index contributed by atoms with van der Waals surface area (Å²) in [7, 11) is 0. The Morgan fingerprint density at radius 2 is 1.27 bits per heavy atom. The topological polar surface area (TPSA) is 43.4 Å². The van der Waals surface area contributed by atoms with Gasteiger partial charge in [-0.1, -0.05) is 72.8 Å². The van der Waals surface area contributed by atoms with Crippen molar-refractivity contribution in [2.75, 3.05) is 0 Å². The summed E-state index contributed by atoms with van der Waals surface area (Å²) in [4.78, 5) is 24.1. The fraction of sp³-hybridized carbons (Fsp3) is 0.0435. The summed E-state index contributed by atoms with van der Waals surface area (Å²) in [6, 6.07) is 25.8. The largest absolute Gasteiger partial charge is 0.427 e. The van der Waals surface area contributed by atoms with E-state index in [2.05, 4.69) is 0 Å². The molecule has 0 spiro atoms. The molecule has 0 amide bonds. The highest BCUT2D eigenvalue weighted by Crippen LogP contribution is 2.24. The van der Waals surface area contributed by atoms with Crippen molar-refractivity contribution in [1.29, 1.82) is 0 Å². The van der Waals surface area contributed by atoms with Crippen molar-refractivity contribution in [2.45, 2.75) is 6.92 Å². The summed E-state index contributed by atoms with van der Waals surface area (Å²) in [5.41, 5.74) is 2.95. The first-order chi connectivity index (χ1) is 12.6. The van der Waals surface area contributed by atoms with Crippen LogP contribution in [0.5, 0.6) is 5.75 Å². The van der Waals surface area contributed by atoms with Gasteiger partial charge in [0, 0.05) is 18.1 Å². The van der Waals surface area contributed by atoms with Gasteiger partial charge >= 0.3 is 5.97 Å². The first kappa shape index (κ1) is 17.4. The molecule has 0 radical (unpaired) electrons. The van der Waals surface area contributed by atoms with Gasteiger partial charge in [0.1, 0.15) is 5.75 Å². The van der Waals surface area contributed by atoms with E-state index in [0.717, 1.165) is 11.1 Å². The van der Waals surface area contributed by atoms with Crippen LogP contribution in [0.15, 0.2) is 84.9 Å². The van der Waals surface area contributed by atoms with E-state index in [-0.39, 0.29) is 11.8 Å². The summed E-state index contributed by atoms with van der Waals surface area (Å²) in [6.45, 7) is 1.36. The SMILES string of the molecule is CC(=O)Oc1ccc(/C=C(/C(=O)c2ccccc2)c2ccccc2)cc1. The second-order valence-corrected chi connectivity index (χ2v) is 5.78. The molecule has 3 aromatic rings. The van der Waals surface area contributed by atoms with Crippen LogP contribution in [0.3, 0.4) is 0 Å². The minimum atomic E-state index is -0.363. The Labute approximate surface area is 152 Å². The molecule has 0 aliphatic heterocycles. The van der Waals surface area contributed by atoms with Crippen LogP contribution >= 0.6 is 0 Å². The van der Waals surface area contributed by atoms with Crippen LogP contribution in [0.1, 0.15) is 28.4 Å². The zero-order valence-electron chi connectivity index (χ0n) is 14.4. The van der Waals surface area contributed by atoms with E-state index >= 15 is 0 Å². The smallest absolute Gasteiger partial charge is 0.308 e. The van der Waals surface area contributed by atoms with Gasteiger partial charge in [-0.3, -0.25) is 9.59 Å². The molecule has 0 saturated heterocycles. The Morgan fingerprint density at radius 1 is 0.731 bits per heavy atom. The van der Waals surface area contributed by atoms with Crippen LogP contribution in [0.25, 0.3) is 11.6 Å². The van der Waals surface area contributed by atoms with Crippen molar-refractivity contribution in [3.8, 4) is 5.75 Å². The predicted molar refractivity (Wildman–Crippen MR) is 103 cm³/mol. The Bertz CT molecular complexity index is 924. The molecule has 128 valence electrons. The second kappa shape index (κ2) is 8.08. The Morgan fingerprint density at radius 3 is 1.81 bits per heavy atom. The van der Waals surface area contributed by atoms with E-state index in [1.54, 1.807) is 12.1 Å². The van der Waals surface area contributed by atoms with Gasteiger partial charge in [-0.15, -0.1) is 0 Å². The Balaban J connectivity index is 1.99. The minimum absolute atomic E-state index is 0.0409. The molecule has 3 aromatic carbocycles. The van der Waals surface area contributed by atoms with Crippen molar-refractivity contribution >= 4 is 23.4 Å². The van der Waals surface area contributed by atoms with Gasteiger partial charge in [-0.05, 0) is 29.3 Å². The molecule has 0 aromatic heterocycles. The van der Waals surface area contributed by atoms with Gasteiger partial charge < -0.3 is 4.74 Å². The van der Waals surface area contributed by atoms with Gasteiger partial charge in [0.2, 0.25) is 0 Å². The molecule has 0 aliphatic carbocycles. The van der Waals surface area contributed by atoms with Crippen molar-refractivity contribution in [3.63, 3.8) is 0 Å². The lowest BCUT2D eigenvalue weighted by Gasteiger charge is -2.08. The molecule has 0 atom stereocenters. The highest BCUT2D eigenvalue weighted by atomic mass is 16.5. The van der Waals surface area contributed by atoms with Gasteiger partial charge in [0.05, 0.1) is 0 Å². The molecule has 0 aliphatic rings. The first-order valence-corrected chi connectivity index (χ1v) is 8.29. The highest BCUT2D eigenvalue weighted by Gasteiger charge is 2.14. The summed E-state index contributed by atoms with van der Waals surface area (Å²) < 4.78 is 5.05. The van der Waals surface area contributed by atoms with Gasteiger partial charge in [0.25, 0.3) is 0 Å². The number of esters is 1. The number of Topliss-reactive ketones (excluding diaryl/α,β-unsaturated/α-hetero) is 1. The number of carbonyl (C=O) groups is 2. The monoisotopic (exact) mass is 342 g/mol. The van der Waals surface area contributed by atoms with E-state index in [1.165, 1.54) is 6.92 Å². The molecule has 0 saturated carbocycles. The summed E-state index contributed by atoms with van der Waals surface area (Å²) in [6.07, 6.45) is 1.85. The van der Waals surface area contributed by atoms with E-state index < -0.39 is 0 Å². The minimum Gasteiger partial charge on any atom is -0.427 e. The molecular weight excluding hydrogens is 324 g/mol. The lowest BCUT2D eigenvalue weighted by Crippen LogP contribution is -2.03. The molecule has 26 heavy (non-hydrogen) atoms. The molecular formula is C23H18O3. The number of ether oxygens (including phenoxy) is 1. The number of ketones is 1. The normalized spacial score (nSPS) is 11.0. The quantitative estimate of drug-likeness (QED) is 0.215. The van der Waals surface area contributed by atoms with Crippen LogP contribution in [0.2, 0.25) is 0 Å². The fourth-order valence-electron chi connectivity index (χ4n) is 2.61. The van der Waals surface area contributed by atoms with Crippen molar-refractivity contribution in [1.82, 2.24) is 0 Å². The van der Waals surface area contributed by atoms with Crippen molar-refractivity contribution in [3.05, 3.63) is 102 Å². The molecule has 0 heterocycles. The molecule has 3 rings (SSSR count). The maximum absolute atomic E-state index is 13.0. The van der Waals surface area contributed by atoms with Crippen LogP contribution in [-0.4, -0.2) is 11.8 Å². The van der Waals surface area contributed by atoms with Crippen molar-refractivity contribution < 1.29 is 14.3 Å². The standard InChI is InChI=1S/C23H18O3/c1-17(24)26-21-14-12-18(13-15-21)16-22(19-8-4-2-5-9-19)23(25)20-10-6-3-7-11-20/h2-16H,1H3/b22-16+. The van der Waals surface area contributed by atoms with E-state index in [0.29, 0.717) is 16.9 Å². The van der Waals surface area contributed by atoms with Gasteiger partial charge in [-0.2, -0.15) is 0 Å². The molecule has 3 nitrogen and oxygen atoms in total. The number of hydrogen-bond acceptors (Lipinski definition) is 3. The van der Waals surface area contributed by atoms with E-state index in [1.807, 2.05) is 78.9 Å². The maximum Gasteiger partial charge on any atom is 0.308 e. The van der Waals surface area contributed by atoms with E-state index in [4.69, 9.17) is 4.74 Å². The number of hydrogen-bond donors (Lipinski definition) is 0. The van der Waals surface area contributed by atoms with Gasteiger partial charge in [0.15, 0.2) is 5.78 Å². The van der Waals surface area contributed by atoms with Crippen LogP contribution in [0.4, 0.5) is 0 Å². The van der Waals surface area contributed by atoms with Crippen LogP contribution in [-0.2, 0) is 4.79 Å². The third-order valence-electron chi connectivity index (χ3n) is 3.82. The molecule has 0 N–H and O–H groups in total. The van der Waals surface area contributed by atoms with Crippen LogP contribution in [0, 0.1) is 0 Å². The number of carbonyl (C=O) groups excluding carboxylic acids is 2. The number of benzene rings is 3.